The molecule has 0 aromatic heterocycles. The topological polar surface area (TPSA) is 44.4 Å². The van der Waals surface area contributed by atoms with Crippen molar-refractivity contribution < 1.29 is 4.79 Å². The lowest BCUT2D eigenvalue weighted by Gasteiger charge is -2.36. The lowest BCUT2D eigenvalue weighted by molar-refractivity contribution is -0.123. The largest absolute Gasteiger partial charge is 0.353 e. The van der Waals surface area contributed by atoms with Gasteiger partial charge >= 0.3 is 0 Å². The molecule has 0 unspecified atom stereocenters. The summed E-state index contributed by atoms with van der Waals surface area (Å²) in [4.78, 5) is 14.1. The third-order valence-corrected chi connectivity index (χ3v) is 3.82. The number of nitrogens with zero attached hydrogens (tertiary/aromatic N) is 1. The van der Waals surface area contributed by atoms with E-state index in [-0.39, 0.29) is 11.9 Å². The van der Waals surface area contributed by atoms with Crippen molar-refractivity contribution in [3.05, 3.63) is 0 Å². The van der Waals surface area contributed by atoms with E-state index in [0.717, 1.165) is 6.54 Å². The number of amides is 1. The zero-order valence-corrected chi connectivity index (χ0v) is 12.3. The maximum atomic E-state index is 11.8. The van der Waals surface area contributed by atoms with Gasteiger partial charge in [0.15, 0.2) is 0 Å². The van der Waals surface area contributed by atoms with Crippen LogP contribution in [0.3, 0.4) is 0 Å². The molecule has 1 fully saturated rings. The van der Waals surface area contributed by atoms with Crippen LogP contribution in [-0.4, -0.2) is 49.1 Å². The highest BCUT2D eigenvalue weighted by atomic mass is 16.2. The van der Waals surface area contributed by atoms with Gasteiger partial charge in [0.25, 0.3) is 0 Å². The monoisotopic (exact) mass is 255 g/mol. The first kappa shape index (κ1) is 15.4. The predicted octanol–water partition coefficient (Wildman–Crippen LogP) is 1.36. The minimum Gasteiger partial charge on any atom is -0.353 e. The summed E-state index contributed by atoms with van der Waals surface area (Å²) in [7, 11) is 2.04. The van der Waals surface area contributed by atoms with Crippen molar-refractivity contribution in [1.29, 1.82) is 0 Å². The van der Waals surface area contributed by atoms with Gasteiger partial charge in [-0.2, -0.15) is 0 Å². The third-order valence-electron chi connectivity index (χ3n) is 3.82. The van der Waals surface area contributed by atoms with Crippen LogP contribution in [0.15, 0.2) is 0 Å². The molecule has 1 aliphatic rings. The van der Waals surface area contributed by atoms with Crippen LogP contribution in [-0.2, 0) is 4.79 Å². The molecule has 1 aliphatic carbocycles. The Morgan fingerprint density at radius 3 is 2.33 bits per heavy atom. The molecule has 0 radical (unpaired) electrons. The van der Waals surface area contributed by atoms with Gasteiger partial charge in [-0.25, -0.2) is 0 Å². The van der Waals surface area contributed by atoms with Gasteiger partial charge < -0.3 is 10.6 Å². The van der Waals surface area contributed by atoms with Gasteiger partial charge in [0.1, 0.15) is 0 Å². The van der Waals surface area contributed by atoms with Gasteiger partial charge in [-0.05, 0) is 53.1 Å². The fourth-order valence-corrected chi connectivity index (χ4v) is 2.78. The van der Waals surface area contributed by atoms with Gasteiger partial charge in [-0.3, -0.25) is 9.69 Å². The minimum absolute atomic E-state index is 0.155. The third kappa shape index (κ3) is 4.94. The number of hydrogen-bond donors (Lipinski definition) is 2. The first-order valence-electron chi connectivity index (χ1n) is 7.27. The van der Waals surface area contributed by atoms with Crippen LogP contribution in [0.25, 0.3) is 0 Å². The molecule has 0 spiro atoms. The fraction of sp³-hybridized carbons (Fsp3) is 0.929. The molecule has 4 heteroatoms. The van der Waals surface area contributed by atoms with Gasteiger partial charge in [0.05, 0.1) is 6.54 Å². The first-order chi connectivity index (χ1) is 8.56. The maximum Gasteiger partial charge on any atom is 0.234 e. The summed E-state index contributed by atoms with van der Waals surface area (Å²) < 4.78 is 0. The van der Waals surface area contributed by atoms with Crippen molar-refractivity contribution >= 4 is 5.91 Å². The van der Waals surface area contributed by atoms with Gasteiger partial charge in [0, 0.05) is 18.1 Å². The SMILES string of the molecule is CCN(CC(=O)NC(C)C)C1CCC(NC)CC1. The van der Waals surface area contributed by atoms with Gasteiger partial charge in [-0.1, -0.05) is 6.92 Å². The van der Waals surface area contributed by atoms with Crippen molar-refractivity contribution in [3.8, 4) is 0 Å². The van der Waals surface area contributed by atoms with E-state index in [1.54, 1.807) is 0 Å². The van der Waals surface area contributed by atoms with Gasteiger partial charge in [0.2, 0.25) is 5.91 Å². The first-order valence-corrected chi connectivity index (χ1v) is 7.27. The zero-order chi connectivity index (χ0) is 13.5. The second-order valence-electron chi connectivity index (χ2n) is 5.58. The van der Waals surface area contributed by atoms with Crippen molar-refractivity contribution in [2.45, 2.75) is 64.6 Å². The second-order valence-corrected chi connectivity index (χ2v) is 5.58. The summed E-state index contributed by atoms with van der Waals surface area (Å²) in [5, 5.41) is 6.32. The molecule has 4 nitrogen and oxygen atoms in total. The second kappa shape index (κ2) is 7.74. The summed E-state index contributed by atoms with van der Waals surface area (Å²) in [5.41, 5.74) is 0. The molecule has 0 aliphatic heterocycles. The average molecular weight is 255 g/mol. The highest BCUT2D eigenvalue weighted by Crippen LogP contribution is 2.22. The molecule has 0 atom stereocenters. The van der Waals surface area contributed by atoms with E-state index >= 15 is 0 Å². The quantitative estimate of drug-likeness (QED) is 0.753. The normalized spacial score (nSPS) is 24.6. The van der Waals surface area contributed by atoms with E-state index in [2.05, 4.69) is 22.5 Å². The maximum absolute atomic E-state index is 11.8. The van der Waals surface area contributed by atoms with Crippen LogP contribution in [0.1, 0.15) is 46.5 Å². The summed E-state index contributed by atoms with van der Waals surface area (Å²) >= 11 is 0. The van der Waals surface area contributed by atoms with Crippen LogP contribution >= 0.6 is 0 Å². The molecular formula is C14H29N3O. The summed E-state index contributed by atoms with van der Waals surface area (Å²) in [6.45, 7) is 7.66. The Balaban J connectivity index is 2.39. The van der Waals surface area contributed by atoms with Crippen molar-refractivity contribution in [3.63, 3.8) is 0 Å². The number of likely N-dealkylation sites (N-methyl/N-ethyl adjacent to an activating group) is 1. The Morgan fingerprint density at radius 1 is 1.28 bits per heavy atom. The Bertz CT molecular complexity index is 247. The van der Waals surface area contributed by atoms with Crippen molar-refractivity contribution in [2.24, 2.45) is 0 Å². The Hall–Kier alpha value is -0.610. The summed E-state index contributed by atoms with van der Waals surface area (Å²) in [6, 6.07) is 1.48. The van der Waals surface area contributed by atoms with Crippen LogP contribution in [0.4, 0.5) is 0 Å². The minimum atomic E-state index is 0.155. The fourth-order valence-electron chi connectivity index (χ4n) is 2.78. The molecule has 0 aromatic rings. The molecule has 2 N–H and O–H groups in total. The molecule has 18 heavy (non-hydrogen) atoms. The van der Waals surface area contributed by atoms with E-state index in [1.165, 1.54) is 25.7 Å². The lowest BCUT2D eigenvalue weighted by atomic mass is 9.90. The van der Waals surface area contributed by atoms with Crippen LogP contribution in [0.5, 0.6) is 0 Å². The molecule has 106 valence electrons. The van der Waals surface area contributed by atoms with E-state index in [9.17, 15) is 4.79 Å². The van der Waals surface area contributed by atoms with E-state index in [0.29, 0.717) is 18.6 Å². The summed E-state index contributed by atoms with van der Waals surface area (Å²) in [5.74, 6) is 0.155. The van der Waals surface area contributed by atoms with E-state index in [4.69, 9.17) is 0 Å². The lowest BCUT2D eigenvalue weighted by Crippen LogP contribution is -2.47. The number of nitrogens with one attached hydrogen (secondary N) is 2. The predicted molar refractivity (Wildman–Crippen MR) is 75.6 cm³/mol. The number of hydrogen-bond acceptors (Lipinski definition) is 3. The molecule has 1 amide bonds. The molecule has 1 rings (SSSR count). The Kier molecular flexibility index (Phi) is 6.65. The van der Waals surface area contributed by atoms with Crippen LogP contribution in [0.2, 0.25) is 0 Å². The van der Waals surface area contributed by atoms with Crippen molar-refractivity contribution in [2.75, 3.05) is 20.1 Å². The van der Waals surface area contributed by atoms with E-state index in [1.807, 2.05) is 20.9 Å². The summed E-state index contributed by atoms with van der Waals surface area (Å²) in [6.07, 6.45) is 4.86. The molecule has 0 saturated heterocycles. The van der Waals surface area contributed by atoms with Gasteiger partial charge in [-0.15, -0.1) is 0 Å². The molecular weight excluding hydrogens is 226 g/mol. The Labute approximate surface area is 111 Å². The smallest absolute Gasteiger partial charge is 0.234 e. The molecule has 0 aromatic carbocycles. The molecule has 0 bridgehead atoms. The number of rotatable bonds is 6. The van der Waals surface area contributed by atoms with Crippen LogP contribution < -0.4 is 10.6 Å². The molecule has 1 saturated carbocycles. The van der Waals surface area contributed by atoms with Crippen LogP contribution in [0, 0.1) is 0 Å². The highest BCUT2D eigenvalue weighted by Gasteiger charge is 2.25. The number of carbonyl (C=O) groups is 1. The molecule has 0 heterocycles. The zero-order valence-electron chi connectivity index (χ0n) is 12.3. The average Bonchev–Trinajstić information content (AvgIpc) is 2.35. The van der Waals surface area contributed by atoms with Crippen molar-refractivity contribution in [1.82, 2.24) is 15.5 Å². The standard InChI is InChI=1S/C14H29N3O/c1-5-17(10-14(18)16-11(2)3)13-8-6-12(15-4)7-9-13/h11-13,15H,5-10H2,1-4H3,(H,16,18). The van der Waals surface area contributed by atoms with E-state index < -0.39 is 0 Å². The number of carbonyl (C=O) groups excluding carboxylic acids is 1. The Morgan fingerprint density at radius 2 is 1.89 bits per heavy atom. The highest BCUT2D eigenvalue weighted by molar-refractivity contribution is 5.78.